The number of nitrogens with one attached hydrogen (secondary N) is 1. The number of hydrogen-bond acceptors (Lipinski definition) is 4. The first-order valence-electron chi connectivity index (χ1n) is 9.24. The van der Waals surface area contributed by atoms with Crippen LogP contribution in [0, 0.1) is 11.8 Å². The zero-order valence-corrected chi connectivity index (χ0v) is 14.8. The second-order valence-corrected chi connectivity index (χ2v) is 7.14. The Balaban J connectivity index is 1.86. The number of piperidine rings is 1. The van der Waals surface area contributed by atoms with Crippen LogP contribution in [0.25, 0.3) is 0 Å². The normalized spacial score (nSPS) is 30.5. The van der Waals surface area contributed by atoms with Crippen LogP contribution in [0.2, 0.25) is 0 Å². The number of carbonyl (C=O) groups is 2. The number of likely N-dealkylation sites (tertiary alicyclic amines) is 1. The Hall–Kier alpha value is -1.10. The Morgan fingerprint density at radius 3 is 2.65 bits per heavy atom. The fraction of sp³-hybridized carbons (Fsp3) is 0.889. The number of amides is 1. The Labute approximate surface area is 140 Å². The second-order valence-electron chi connectivity index (χ2n) is 7.14. The Kier molecular flexibility index (Phi) is 6.88. The van der Waals surface area contributed by atoms with Crippen molar-refractivity contribution in [3.63, 3.8) is 0 Å². The van der Waals surface area contributed by atoms with Gasteiger partial charge in [0.15, 0.2) is 0 Å². The van der Waals surface area contributed by atoms with Crippen LogP contribution >= 0.6 is 0 Å². The van der Waals surface area contributed by atoms with Crippen molar-refractivity contribution < 1.29 is 14.3 Å². The first-order valence-corrected chi connectivity index (χ1v) is 9.24. The van der Waals surface area contributed by atoms with Gasteiger partial charge in [-0.1, -0.05) is 19.8 Å². The molecule has 1 N–H and O–H groups in total. The molecule has 1 amide bonds. The zero-order chi connectivity index (χ0) is 16.8. The lowest BCUT2D eigenvalue weighted by atomic mass is 9.86. The lowest BCUT2D eigenvalue weighted by Crippen LogP contribution is -2.53. The molecular formula is C18H32N2O3. The fourth-order valence-electron chi connectivity index (χ4n) is 3.81. The van der Waals surface area contributed by atoms with Gasteiger partial charge in [0.2, 0.25) is 5.91 Å². The number of nitrogens with zero attached hydrogens (tertiary/aromatic N) is 1. The molecule has 5 heteroatoms. The predicted molar refractivity (Wildman–Crippen MR) is 90.0 cm³/mol. The maximum Gasteiger partial charge on any atom is 0.310 e. The zero-order valence-electron chi connectivity index (χ0n) is 14.8. The van der Waals surface area contributed by atoms with E-state index in [0.717, 1.165) is 25.8 Å². The molecule has 0 aromatic rings. The first-order chi connectivity index (χ1) is 11.0. The molecule has 2 rings (SSSR count). The molecule has 0 spiro atoms. The number of ether oxygens (including phenoxy) is 1. The Bertz CT molecular complexity index is 413. The molecule has 132 valence electrons. The van der Waals surface area contributed by atoms with Crippen molar-refractivity contribution in [2.24, 2.45) is 11.8 Å². The van der Waals surface area contributed by atoms with Gasteiger partial charge in [-0.2, -0.15) is 0 Å². The van der Waals surface area contributed by atoms with Crippen LogP contribution in [0.4, 0.5) is 0 Å². The van der Waals surface area contributed by atoms with E-state index in [1.807, 2.05) is 13.8 Å². The van der Waals surface area contributed by atoms with Crippen LogP contribution < -0.4 is 5.32 Å². The van der Waals surface area contributed by atoms with Crippen molar-refractivity contribution in [3.05, 3.63) is 0 Å². The summed E-state index contributed by atoms with van der Waals surface area (Å²) in [5.74, 6) is 0.458. The van der Waals surface area contributed by atoms with Crippen LogP contribution in [0.15, 0.2) is 0 Å². The van der Waals surface area contributed by atoms with Gasteiger partial charge in [0.1, 0.15) is 0 Å². The molecule has 2 fully saturated rings. The number of esters is 1. The van der Waals surface area contributed by atoms with Crippen LogP contribution in [0.5, 0.6) is 0 Å². The predicted octanol–water partition coefficient (Wildman–Crippen LogP) is 2.34. The highest BCUT2D eigenvalue weighted by molar-refractivity contribution is 5.82. The molecule has 1 aliphatic carbocycles. The van der Waals surface area contributed by atoms with Gasteiger partial charge in [-0.15, -0.1) is 0 Å². The van der Waals surface area contributed by atoms with Gasteiger partial charge in [0.05, 0.1) is 18.6 Å². The summed E-state index contributed by atoms with van der Waals surface area (Å²) in [7, 11) is 0. The molecule has 0 aromatic heterocycles. The third-order valence-corrected chi connectivity index (χ3v) is 5.44. The third-order valence-electron chi connectivity index (χ3n) is 5.44. The minimum atomic E-state index is -0.179. The maximum atomic E-state index is 12.6. The molecule has 4 unspecified atom stereocenters. The van der Waals surface area contributed by atoms with Gasteiger partial charge in [-0.3, -0.25) is 14.5 Å². The van der Waals surface area contributed by atoms with Crippen molar-refractivity contribution >= 4 is 11.9 Å². The largest absolute Gasteiger partial charge is 0.466 e. The monoisotopic (exact) mass is 324 g/mol. The molecule has 0 radical (unpaired) electrons. The lowest BCUT2D eigenvalue weighted by molar-refractivity contribution is -0.151. The molecule has 2 aliphatic rings. The van der Waals surface area contributed by atoms with Crippen molar-refractivity contribution in [1.82, 2.24) is 10.2 Å². The Morgan fingerprint density at radius 2 is 1.96 bits per heavy atom. The average Bonchev–Trinajstić information content (AvgIpc) is 2.56. The highest BCUT2D eigenvalue weighted by atomic mass is 16.5. The van der Waals surface area contributed by atoms with E-state index in [1.54, 1.807) is 0 Å². The molecule has 0 bridgehead atoms. The van der Waals surface area contributed by atoms with Crippen LogP contribution in [-0.2, 0) is 14.3 Å². The van der Waals surface area contributed by atoms with Crippen molar-refractivity contribution in [1.29, 1.82) is 0 Å². The molecule has 1 heterocycles. The summed E-state index contributed by atoms with van der Waals surface area (Å²) in [5, 5.41) is 3.24. The number of carbonyl (C=O) groups excluding carboxylic acids is 2. The second kappa shape index (κ2) is 8.67. The molecule has 1 saturated carbocycles. The average molecular weight is 324 g/mol. The molecule has 0 aromatic carbocycles. The standard InChI is InChI=1S/C18H32N2O3/c1-4-23-18(22)15-9-7-11-20(12-15)14(3)17(21)19-16-10-6-5-8-13(16)2/h13-16H,4-12H2,1-3H3,(H,19,21). The van der Waals surface area contributed by atoms with Gasteiger partial charge in [-0.05, 0) is 52.0 Å². The first kappa shape index (κ1) is 18.2. The summed E-state index contributed by atoms with van der Waals surface area (Å²) in [5.41, 5.74) is 0. The van der Waals surface area contributed by atoms with Crippen molar-refractivity contribution in [2.45, 2.75) is 71.4 Å². The fourth-order valence-corrected chi connectivity index (χ4v) is 3.81. The number of rotatable bonds is 5. The summed E-state index contributed by atoms with van der Waals surface area (Å²) in [4.78, 5) is 26.7. The SMILES string of the molecule is CCOC(=O)C1CCCN(C(C)C(=O)NC2CCCCC2C)C1. The molecular weight excluding hydrogens is 292 g/mol. The topological polar surface area (TPSA) is 58.6 Å². The maximum absolute atomic E-state index is 12.6. The molecule has 1 aliphatic heterocycles. The van der Waals surface area contributed by atoms with Gasteiger partial charge in [0.25, 0.3) is 0 Å². The summed E-state index contributed by atoms with van der Waals surface area (Å²) in [6.07, 6.45) is 6.58. The Morgan fingerprint density at radius 1 is 1.22 bits per heavy atom. The van der Waals surface area contributed by atoms with E-state index in [9.17, 15) is 9.59 Å². The summed E-state index contributed by atoms with van der Waals surface area (Å²) < 4.78 is 5.14. The van der Waals surface area contributed by atoms with Gasteiger partial charge in [0, 0.05) is 12.6 Å². The third kappa shape index (κ3) is 4.93. The van der Waals surface area contributed by atoms with Gasteiger partial charge >= 0.3 is 5.97 Å². The summed E-state index contributed by atoms with van der Waals surface area (Å²) >= 11 is 0. The van der Waals surface area contributed by atoms with E-state index in [0.29, 0.717) is 25.1 Å². The van der Waals surface area contributed by atoms with Gasteiger partial charge < -0.3 is 10.1 Å². The smallest absolute Gasteiger partial charge is 0.310 e. The molecule has 4 atom stereocenters. The highest BCUT2D eigenvalue weighted by Gasteiger charge is 2.33. The van der Waals surface area contributed by atoms with Gasteiger partial charge in [-0.25, -0.2) is 0 Å². The molecule has 5 nitrogen and oxygen atoms in total. The van der Waals surface area contributed by atoms with E-state index < -0.39 is 0 Å². The highest BCUT2D eigenvalue weighted by Crippen LogP contribution is 2.24. The van der Waals surface area contributed by atoms with Crippen LogP contribution in [0.1, 0.15) is 59.3 Å². The number of hydrogen-bond donors (Lipinski definition) is 1. The van der Waals surface area contributed by atoms with Crippen LogP contribution in [-0.4, -0.2) is 48.6 Å². The minimum absolute atomic E-state index is 0.0902. The summed E-state index contributed by atoms with van der Waals surface area (Å²) in [6.45, 7) is 7.95. The van der Waals surface area contributed by atoms with E-state index in [-0.39, 0.29) is 23.8 Å². The minimum Gasteiger partial charge on any atom is -0.466 e. The van der Waals surface area contributed by atoms with Crippen LogP contribution in [0.3, 0.4) is 0 Å². The lowest BCUT2D eigenvalue weighted by Gasteiger charge is -2.37. The molecule has 23 heavy (non-hydrogen) atoms. The van der Waals surface area contributed by atoms with E-state index in [2.05, 4.69) is 17.1 Å². The van der Waals surface area contributed by atoms with E-state index in [4.69, 9.17) is 4.74 Å². The van der Waals surface area contributed by atoms with Crippen molar-refractivity contribution in [2.75, 3.05) is 19.7 Å². The van der Waals surface area contributed by atoms with E-state index in [1.165, 1.54) is 19.3 Å². The van der Waals surface area contributed by atoms with E-state index >= 15 is 0 Å². The van der Waals surface area contributed by atoms with Crippen molar-refractivity contribution in [3.8, 4) is 0 Å². The molecule has 1 saturated heterocycles. The summed E-state index contributed by atoms with van der Waals surface area (Å²) in [6, 6.07) is 0.130. The quantitative estimate of drug-likeness (QED) is 0.789.